The van der Waals surface area contributed by atoms with Crippen molar-refractivity contribution in [2.45, 2.75) is 75.5 Å². The zero-order chi connectivity index (χ0) is 29.7. The van der Waals surface area contributed by atoms with Gasteiger partial charge in [0, 0.05) is 20.1 Å². The number of aliphatic hydroxyl groups is 2. The second kappa shape index (κ2) is 13.0. The standard InChI is InChI=1S/C30H39FN4O6/c1-18-17-33-26(30(40)14-15-30)29(39)35(3)19(2)27(37)34-24(25(36)21-10-12-22(31)13-11-21)28(38)32-16-6-8-20-7-4-5-9-23(20)41-18/h4-5,7,9-13,18-19,24-26,33,36,40H,6,8,14-17H2,1-3H3,(H,32,38)(H,34,37)/t18-,19-,24-,25?,26-/m1/s1. The molecule has 0 radical (unpaired) electrons. The first-order chi connectivity index (χ1) is 19.5. The molecule has 5 atom stereocenters. The number of benzene rings is 2. The van der Waals surface area contributed by atoms with E-state index in [0.717, 1.165) is 17.7 Å². The van der Waals surface area contributed by atoms with E-state index >= 15 is 0 Å². The van der Waals surface area contributed by atoms with Crippen molar-refractivity contribution in [3.63, 3.8) is 0 Å². The molecule has 1 fully saturated rings. The third-order valence-corrected chi connectivity index (χ3v) is 7.79. The average Bonchev–Trinajstić information content (AvgIpc) is 3.70. The molecule has 10 nitrogen and oxygen atoms in total. The maximum absolute atomic E-state index is 13.5. The Hall–Kier alpha value is -3.54. The lowest BCUT2D eigenvalue weighted by atomic mass is 10.0. The zero-order valence-electron chi connectivity index (χ0n) is 23.6. The number of rotatable bonds is 3. The number of carbonyl (C=O) groups is 3. The van der Waals surface area contributed by atoms with Crippen LogP contribution in [0, 0.1) is 5.82 Å². The summed E-state index contributed by atoms with van der Waals surface area (Å²) >= 11 is 0. The molecule has 0 spiro atoms. The van der Waals surface area contributed by atoms with Crippen LogP contribution in [0.25, 0.3) is 0 Å². The fourth-order valence-corrected chi connectivity index (χ4v) is 4.88. The third-order valence-electron chi connectivity index (χ3n) is 7.79. The largest absolute Gasteiger partial charge is 0.489 e. The minimum atomic E-state index is -1.48. The van der Waals surface area contributed by atoms with Gasteiger partial charge in [0.2, 0.25) is 17.7 Å². The van der Waals surface area contributed by atoms with Crippen LogP contribution in [0.5, 0.6) is 5.75 Å². The SMILES string of the molecule is C[C@@H]1CN[C@@H](C2(O)CC2)C(=O)N(C)[C@H](C)C(=O)N[C@H](C(O)c2ccc(F)cc2)C(=O)NCCCc2ccccc2O1. The van der Waals surface area contributed by atoms with Crippen LogP contribution in [-0.2, 0) is 20.8 Å². The van der Waals surface area contributed by atoms with Crippen LogP contribution in [0.4, 0.5) is 4.39 Å². The molecule has 41 heavy (non-hydrogen) atoms. The van der Waals surface area contributed by atoms with E-state index in [0.29, 0.717) is 31.4 Å². The smallest absolute Gasteiger partial charge is 0.245 e. The normalized spacial score (nSPS) is 26.9. The van der Waals surface area contributed by atoms with Crippen molar-refractivity contribution in [3.8, 4) is 5.75 Å². The average molecular weight is 571 g/mol. The number of ether oxygens (including phenoxy) is 1. The number of hydrogen-bond donors (Lipinski definition) is 5. The number of aryl methyl sites for hydroxylation is 1. The van der Waals surface area contributed by atoms with Gasteiger partial charge >= 0.3 is 0 Å². The molecule has 4 rings (SSSR count). The number of aliphatic hydroxyl groups excluding tert-OH is 1. The highest BCUT2D eigenvalue weighted by Gasteiger charge is 2.52. The fraction of sp³-hybridized carbons (Fsp3) is 0.500. The van der Waals surface area contributed by atoms with Crippen LogP contribution in [0.3, 0.4) is 0 Å². The Morgan fingerprint density at radius 2 is 1.73 bits per heavy atom. The molecule has 0 bridgehead atoms. The van der Waals surface area contributed by atoms with E-state index in [9.17, 15) is 29.0 Å². The van der Waals surface area contributed by atoms with Crippen LogP contribution in [0.15, 0.2) is 48.5 Å². The topological polar surface area (TPSA) is 140 Å². The minimum absolute atomic E-state index is 0.242. The molecule has 2 aliphatic rings. The van der Waals surface area contributed by atoms with E-state index in [1.54, 1.807) is 0 Å². The minimum Gasteiger partial charge on any atom is -0.489 e. The predicted octanol–water partition coefficient (Wildman–Crippen LogP) is 1.20. The van der Waals surface area contributed by atoms with Gasteiger partial charge in [-0.05, 0) is 68.9 Å². The van der Waals surface area contributed by atoms with E-state index in [-0.39, 0.29) is 24.8 Å². The Morgan fingerprint density at radius 1 is 1.05 bits per heavy atom. The number of amides is 3. The summed E-state index contributed by atoms with van der Waals surface area (Å²) < 4.78 is 19.7. The predicted molar refractivity (Wildman–Crippen MR) is 149 cm³/mol. The van der Waals surface area contributed by atoms with E-state index < -0.39 is 53.4 Å². The van der Waals surface area contributed by atoms with Crippen molar-refractivity contribution in [2.75, 3.05) is 20.1 Å². The maximum Gasteiger partial charge on any atom is 0.245 e. The maximum atomic E-state index is 13.5. The summed E-state index contributed by atoms with van der Waals surface area (Å²) in [6, 6.07) is 9.15. The van der Waals surface area contributed by atoms with Gasteiger partial charge in [0.05, 0.1) is 5.60 Å². The molecule has 1 heterocycles. The highest BCUT2D eigenvalue weighted by atomic mass is 19.1. The molecule has 2 aromatic carbocycles. The van der Waals surface area contributed by atoms with Gasteiger partial charge in [-0.15, -0.1) is 0 Å². The Balaban J connectivity index is 1.62. The van der Waals surface area contributed by atoms with Gasteiger partial charge < -0.3 is 30.5 Å². The lowest BCUT2D eigenvalue weighted by Crippen LogP contribution is -2.60. The van der Waals surface area contributed by atoms with Gasteiger partial charge in [0.25, 0.3) is 0 Å². The molecule has 1 unspecified atom stereocenters. The summed E-state index contributed by atoms with van der Waals surface area (Å²) in [6.07, 6.45) is 0.234. The first kappa shape index (κ1) is 30.4. The number of nitrogens with zero attached hydrogens (tertiary/aromatic N) is 1. The summed E-state index contributed by atoms with van der Waals surface area (Å²) in [4.78, 5) is 41.3. The van der Waals surface area contributed by atoms with E-state index in [1.807, 2.05) is 31.2 Å². The molecule has 0 saturated heterocycles. The molecular weight excluding hydrogens is 531 g/mol. The first-order valence-electron chi connectivity index (χ1n) is 14.0. The van der Waals surface area contributed by atoms with Crippen molar-refractivity contribution >= 4 is 17.7 Å². The van der Waals surface area contributed by atoms with Crippen LogP contribution in [0.1, 0.15) is 50.3 Å². The molecular formula is C30H39FN4O6. The fourth-order valence-electron chi connectivity index (χ4n) is 4.88. The van der Waals surface area contributed by atoms with Gasteiger partial charge in [0.15, 0.2) is 0 Å². The van der Waals surface area contributed by atoms with E-state index in [1.165, 1.54) is 31.0 Å². The highest BCUT2D eigenvalue weighted by Crippen LogP contribution is 2.39. The number of carbonyl (C=O) groups excluding carboxylic acids is 3. The number of nitrogens with one attached hydrogen (secondary N) is 3. The van der Waals surface area contributed by atoms with Crippen LogP contribution < -0.4 is 20.7 Å². The Morgan fingerprint density at radius 3 is 2.41 bits per heavy atom. The zero-order valence-corrected chi connectivity index (χ0v) is 23.6. The Kier molecular flexibility index (Phi) is 9.62. The number of halogens is 1. The lowest BCUT2D eigenvalue weighted by molar-refractivity contribution is -0.144. The third kappa shape index (κ3) is 7.41. The lowest BCUT2D eigenvalue weighted by Gasteiger charge is -2.33. The van der Waals surface area contributed by atoms with Crippen LogP contribution in [0.2, 0.25) is 0 Å². The van der Waals surface area contributed by atoms with Crippen LogP contribution >= 0.6 is 0 Å². The number of para-hydroxylation sites is 1. The van der Waals surface area contributed by atoms with Crippen molar-refractivity contribution in [1.82, 2.24) is 20.9 Å². The second-order valence-electron chi connectivity index (χ2n) is 11.0. The Bertz CT molecular complexity index is 1240. The molecule has 3 amide bonds. The number of likely N-dealkylation sites (N-methyl/N-ethyl adjacent to an activating group) is 1. The molecule has 11 heteroatoms. The summed E-state index contributed by atoms with van der Waals surface area (Å²) in [5.74, 6) is -1.60. The van der Waals surface area contributed by atoms with Crippen LogP contribution in [-0.4, -0.2) is 82.8 Å². The molecule has 222 valence electrons. The van der Waals surface area contributed by atoms with Gasteiger partial charge in [-0.3, -0.25) is 19.7 Å². The second-order valence-corrected chi connectivity index (χ2v) is 11.0. The molecule has 1 aliphatic heterocycles. The summed E-state index contributed by atoms with van der Waals surface area (Å²) in [7, 11) is 1.45. The summed E-state index contributed by atoms with van der Waals surface area (Å²) in [5.41, 5.74) is -0.0549. The molecule has 2 aromatic rings. The van der Waals surface area contributed by atoms with E-state index in [2.05, 4.69) is 16.0 Å². The summed E-state index contributed by atoms with van der Waals surface area (Å²) in [6.45, 7) is 3.92. The van der Waals surface area contributed by atoms with Crippen molar-refractivity contribution in [3.05, 3.63) is 65.5 Å². The van der Waals surface area contributed by atoms with Gasteiger partial charge in [-0.2, -0.15) is 0 Å². The first-order valence-corrected chi connectivity index (χ1v) is 14.0. The number of hydrogen-bond acceptors (Lipinski definition) is 7. The van der Waals surface area contributed by atoms with Crippen molar-refractivity contribution < 1.29 is 33.7 Å². The summed E-state index contributed by atoms with van der Waals surface area (Å²) in [5, 5.41) is 30.5. The highest BCUT2D eigenvalue weighted by molar-refractivity contribution is 5.93. The number of fused-ring (bicyclic) bond motifs is 1. The molecule has 0 aromatic heterocycles. The van der Waals surface area contributed by atoms with Gasteiger partial charge in [-0.1, -0.05) is 30.3 Å². The molecule has 1 saturated carbocycles. The van der Waals surface area contributed by atoms with Crippen molar-refractivity contribution in [1.29, 1.82) is 0 Å². The van der Waals surface area contributed by atoms with Gasteiger partial charge in [-0.25, -0.2) is 4.39 Å². The monoisotopic (exact) mass is 570 g/mol. The van der Waals surface area contributed by atoms with Gasteiger partial charge in [0.1, 0.15) is 41.9 Å². The quantitative estimate of drug-likeness (QED) is 0.374. The Labute approximate surface area is 239 Å². The molecule has 1 aliphatic carbocycles. The van der Waals surface area contributed by atoms with E-state index in [4.69, 9.17) is 4.74 Å². The molecule has 5 N–H and O–H groups in total. The van der Waals surface area contributed by atoms with Crippen molar-refractivity contribution in [2.24, 2.45) is 0 Å².